The molecular formula is C3H8GeI3Si. The van der Waals surface area contributed by atoms with Gasteiger partial charge in [-0.05, 0) is 0 Å². The maximum atomic E-state index is 2.65. The van der Waals surface area contributed by atoms with Crippen molar-refractivity contribution in [3.63, 3.8) is 0 Å². The Morgan fingerprint density at radius 3 is 1.62 bits per heavy atom. The van der Waals surface area contributed by atoms with Crippen LogP contribution in [-0.2, 0) is 0 Å². The Kier molecular flexibility index (Phi) is 6.50. The van der Waals surface area contributed by atoms with Crippen molar-refractivity contribution in [2.45, 2.75) is 16.4 Å². The van der Waals surface area contributed by atoms with E-state index in [1.807, 2.05) is 0 Å². The van der Waals surface area contributed by atoms with Crippen molar-refractivity contribution in [3.8, 4) is 0 Å². The van der Waals surface area contributed by atoms with E-state index in [9.17, 15) is 0 Å². The summed E-state index contributed by atoms with van der Waals surface area (Å²) < 4.78 is -0.736. The monoisotopic (exact) mass is 527 g/mol. The van der Waals surface area contributed by atoms with Crippen molar-refractivity contribution in [3.05, 3.63) is 0 Å². The topological polar surface area (TPSA) is 0 Å². The zero-order valence-corrected chi connectivity index (χ0v) is 14.4. The molecule has 0 unspecified atom stereocenters. The molecule has 0 aliphatic rings. The molecule has 0 aromatic rings. The Morgan fingerprint density at radius 2 is 1.62 bits per heavy atom. The predicted octanol–water partition coefficient (Wildman–Crippen LogP) is 3.52. The summed E-state index contributed by atoms with van der Waals surface area (Å²) >= 11 is 7.45. The molecule has 0 saturated heterocycles. The summed E-state index contributed by atoms with van der Waals surface area (Å²) in [6.07, 6.45) is 0. The molecule has 8 heavy (non-hydrogen) atoms. The van der Waals surface area contributed by atoms with Crippen LogP contribution in [0.4, 0.5) is 0 Å². The molecule has 0 aromatic heterocycles. The van der Waals surface area contributed by atoms with E-state index in [1.165, 1.54) is 0 Å². The SMILES string of the molecule is [CH3][Ge]([CH3])[CH2][Si](I)(I)I. The fourth-order valence-electron chi connectivity index (χ4n) is 0.401. The minimum atomic E-state index is -0.736. The van der Waals surface area contributed by atoms with Crippen molar-refractivity contribution in [2.75, 3.05) is 0 Å². The van der Waals surface area contributed by atoms with Gasteiger partial charge in [-0.1, -0.05) is 0 Å². The molecule has 5 heteroatoms. The molecule has 0 amide bonds. The van der Waals surface area contributed by atoms with Crippen LogP contribution in [0, 0.1) is 0 Å². The second-order valence-corrected chi connectivity index (χ2v) is 46.0. The summed E-state index contributed by atoms with van der Waals surface area (Å²) in [5, 5.41) is 0. The van der Waals surface area contributed by atoms with Gasteiger partial charge in [0.05, 0.1) is 0 Å². The molecule has 0 nitrogen and oxygen atoms in total. The van der Waals surface area contributed by atoms with Gasteiger partial charge in [-0.15, -0.1) is 0 Å². The zero-order valence-electron chi connectivity index (χ0n) is 4.84. The number of halogens is 3. The van der Waals surface area contributed by atoms with Gasteiger partial charge in [-0.2, -0.15) is 0 Å². The van der Waals surface area contributed by atoms with E-state index in [4.69, 9.17) is 0 Å². The molecule has 0 spiro atoms. The van der Waals surface area contributed by atoms with E-state index in [-0.39, 0.29) is 0 Å². The Hall–Kier alpha value is 2.95. The maximum absolute atomic E-state index is 2.65. The van der Waals surface area contributed by atoms with Crippen molar-refractivity contribution in [1.82, 2.24) is 0 Å². The van der Waals surface area contributed by atoms with Crippen LogP contribution in [0.15, 0.2) is 0 Å². The van der Waals surface area contributed by atoms with Crippen LogP contribution in [0.2, 0.25) is 16.4 Å². The summed E-state index contributed by atoms with van der Waals surface area (Å²) in [7, 11) is 0. The fourth-order valence-corrected chi connectivity index (χ4v) is 41.9. The molecule has 0 N–H and O–H groups in total. The molecule has 49 valence electrons. The van der Waals surface area contributed by atoms with Crippen LogP contribution < -0.4 is 0 Å². The second-order valence-electron chi connectivity index (χ2n) is 2.00. The normalized spacial score (nSPS) is 12.8. The summed E-state index contributed by atoms with van der Waals surface area (Å²) in [6, 6.07) is 0. The molecule has 0 atom stereocenters. The summed E-state index contributed by atoms with van der Waals surface area (Å²) in [5.74, 6) is 4.91. The van der Waals surface area contributed by atoms with E-state index in [2.05, 4.69) is 76.9 Å². The van der Waals surface area contributed by atoms with Gasteiger partial charge in [0.25, 0.3) is 0 Å². The quantitative estimate of drug-likeness (QED) is 0.294. The van der Waals surface area contributed by atoms with Gasteiger partial charge in [0.1, 0.15) is 0 Å². The molecule has 0 aromatic carbocycles. The molecule has 0 heterocycles. The van der Waals surface area contributed by atoms with E-state index in [1.54, 1.807) is 4.88 Å². The Morgan fingerprint density at radius 1 is 1.25 bits per heavy atom. The van der Waals surface area contributed by atoms with Gasteiger partial charge in [0.15, 0.2) is 0 Å². The molecule has 0 rings (SSSR count). The predicted molar refractivity (Wildman–Crippen MR) is 70.1 cm³/mol. The van der Waals surface area contributed by atoms with Crippen molar-refractivity contribution >= 4 is 80.3 Å². The summed E-state index contributed by atoms with van der Waals surface area (Å²) in [5.41, 5.74) is 0. The third-order valence-corrected chi connectivity index (χ3v) is 26.5. The number of hydrogen-bond acceptors (Lipinski definition) is 0. The minimum absolute atomic E-state index is 0.484. The van der Waals surface area contributed by atoms with Gasteiger partial charge in [-0.3, -0.25) is 0 Å². The average Bonchev–Trinajstić information content (AvgIpc) is 1.21. The van der Waals surface area contributed by atoms with Crippen LogP contribution >= 0.6 is 65.4 Å². The Balaban J connectivity index is 3.39. The van der Waals surface area contributed by atoms with Gasteiger partial charge in [-0.25, -0.2) is 0 Å². The van der Waals surface area contributed by atoms with Gasteiger partial charge in [0.2, 0.25) is 0 Å². The molecule has 0 aliphatic heterocycles. The summed E-state index contributed by atoms with van der Waals surface area (Å²) in [4.78, 5) is 1.59. The van der Waals surface area contributed by atoms with Gasteiger partial charge < -0.3 is 0 Å². The van der Waals surface area contributed by atoms with E-state index in [0.29, 0.717) is 0 Å². The first kappa shape index (κ1) is 10.9. The number of hydrogen-bond donors (Lipinski definition) is 0. The molecule has 1 radical (unpaired) electrons. The van der Waals surface area contributed by atoms with E-state index >= 15 is 0 Å². The Bertz CT molecular complexity index is 69.4. The first-order chi connectivity index (χ1) is 3.42. The van der Waals surface area contributed by atoms with Gasteiger partial charge >= 0.3 is 96.7 Å². The molecule has 0 fully saturated rings. The van der Waals surface area contributed by atoms with E-state index in [0.717, 1.165) is 0 Å². The third kappa shape index (κ3) is 8.95. The second kappa shape index (κ2) is 4.75. The summed E-state index contributed by atoms with van der Waals surface area (Å²) in [6.45, 7) is 0. The van der Waals surface area contributed by atoms with Crippen molar-refractivity contribution < 1.29 is 0 Å². The fraction of sp³-hybridized carbons (Fsp3) is 1.00. The number of rotatable bonds is 2. The first-order valence-electron chi connectivity index (χ1n) is 2.27. The van der Waals surface area contributed by atoms with Crippen LogP contribution in [-0.4, -0.2) is 14.9 Å². The van der Waals surface area contributed by atoms with Crippen LogP contribution in [0.5, 0.6) is 0 Å². The first-order valence-corrected chi connectivity index (χ1v) is 19.5. The molecule has 0 saturated carbocycles. The van der Waals surface area contributed by atoms with Crippen molar-refractivity contribution in [1.29, 1.82) is 0 Å². The van der Waals surface area contributed by atoms with Crippen LogP contribution in [0.1, 0.15) is 0 Å². The average molecular weight is 526 g/mol. The van der Waals surface area contributed by atoms with Gasteiger partial charge in [0, 0.05) is 0 Å². The third-order valence-electron chi connectivity index (χ3n) is 0.554. The molecule has 0 bridgehead atoms. The zero-order chi connectivity index (χ0) is 6.78. The van der Waals surface area contributed by atoms with Crippen LogP contribution in [0.25, 0.3) is 0 Å². The standard InChI is InChI=1S/C3H8GeI3Si/c1-4(2)3-8(5,6)7/h3H2,1-2H3. The van der Waals surface area contributed by atoms with Crippen LogP contribution in [0.3, 0.4) is 0 Å². The molecular weight excluding hydrogens is 517 g/mol. The van der Waals surface area contributed by atoms with Crippen molar-refractivity contribution in [2.24, 2.45) is 0 Å². The van der Waals surface area contributed by atoms with E-state index < -0.39 is 14.9 Å². The molecule has 0 aliphatic carbocycles. The Labute approximate surface area is 94.7 Å².